The molecule has 0 bridgehead atoms. The number of alkyl halides is 3. The van der Waals surface area contributed by atoms with E-state index >= 15 is 0 Å². The molecule has 2 nitrogen and oxygen atoms in total. The maximum Gasteiger partial charge on any atom is 0.410 e. The predicted molar refractivity (Wildman–Crippen MR) is 89.1 cm³/mol. The van der Waals surface area contributed by atoms with E-state index in [0.29, 0.717) is 16.2 Å². The van der Waals surface area contributed by atoms with Gasteiger partial charge < -0.3 is 9.84 Å². The van der Waals surface area contributed by atoms with Crippen molar-refractivity contribution in [2.45, 2.75) is 24.1 Å². The summed E-state index contributed by atoms with van der Waals surface area (Å²) < 4.78 is 43.6. The third-order valence-corrected chi connectivity index (χ3v) is 4.35. The number of hydrogen-bond donors (Lipinski definition) is 1. The van der Waals surface area contributed by atoms with Gasteiger partial charge in [-0.3, -0.25) is 0 Å². The van der Waals surface area contributed by atoms with Gasteiger partial charge in [0.05, 0.1) is 7.11 Å². The van der Waals surface area contributed by atoms with Crippen molar-refractivity contribution in [1.82, 2.24) is 0 Å². The molecule has 2 rings (SSSR count). The smallest absolute Gasteiger partial charge is 0.410 e. The van der Waals surface area contributed by atoms with Crippen LogP contribution in [0.25, 0.3) is 0 Å². The van der Waals surface area contributed by atoms with Crippen LogP contribution in [-0.4, -0.2) is 18.4 Å². The number of ether oxygens (including phenoxy) is 1. The summed E-state index contributed by atoms with van der Waals surface area (Å²) in [6.45, 7) is 1.90. The Morgan fingerprint density at radius 1 is 1.08 bits per heavy atom. The van der Waals surface area contributed by atoms with Gasteiger partial charge in [0.2, 0.25) is 0 Å². The zero-order valence-electron chi connectivity index (χ0n) is 13.2. The largest absolute Gasteiger partial charge is 0.497 e. The Kier molecular flexibility index (Phi) is 5.96. The van der Waals surface area contributed by atoms with E-state index in [1.807, 2.05) is 19.1 Å². The second-order valence-corrected chi connectivity index (χ2v) is 6.33. The molecule has 0 saturated heterocycles. The van der Waals surface area contributed by atoms with Gasteiger partial charge in [-0.1, -0.05) is 41.6 Å². The molecule has 0 radical (unpaired) electrons. The van der Waals surface area contributed by atoms with Gasteiger partial charge in [-0.15, -0.1) is 0 Å². The van der Waals surface area contributed by atoms with Crippen LogP contribution < -0.4 is 4.74 Å². The van der Waals surface area contributed by atoms with E-state index in [1.165, 1.54) is 7.11 Å². The van der Waals surface area contributed by atoms with Gasteiger partial charge in [-0.05, 0) is 36.8 Å². The lowest BCUT2D eigenvalue weighted by Crippen LogP contribution is -2.07. The van der Waals surface area contributed by atoms with Crippen LogP contribution in [0.3, 0.4) is 0 Å². The maximum absolute atomic E-state index is 12.8. The minimum atomic E-state index is -4.51. The van der Waals surface area contributed by atoms with Gasteiger partial charge in [0.25, 0.3) is 0 Å². The summed E-state index contributed by atoms with van der Waals surface area (Å²) in [6.07, 6.45) is -5.74. The van der Waals surface area contributed by atoms with Gasteiger partial charge >= 0.3 is 6.18 Å². The Labute approximate surface area is 143 Å². The molecule has 6 heteroatoms. The monoisotopic (exact) mass is 354 g/mol. The van der Waals surface area contributed by atoms with Crippen molar-refractivity contribution in [2.75, 3.05) is 7.11 Å². The highest BCUT2D eigenvalue weighted by atomic mass is 32.2. The molecule has 0 aliphatic carbocycles. The first kappa shape index (κ1) is 18.4. The van der Waals surface area contributed by atoms with E-state index in [9.17, 15) is 18.3 Å². The fraction of sp³-hybridized carbons (Fsp3) is 0.222. The van der Waals surface area contributed by atoms with Crippen molar-refractivity contribution in [1.29, 1.82) is 0 Å². The molecule has 128 valence electrons. The second-order valence-electron chi connectivity index (χ2n) is 5.18. The maximum atomic E-state index is 12.8. The molecule has 2 aromatic carbocycles. The van der Waals surface area contributed by atoms with Crippen molar-refractivity contribution in [2.24, 2.45) is 0 Å². The lowest BCUT2D eigenvalue weighted by Gasteiger charge is -2.17. The number of aryl methyl sites for hydroxylation is 1. The minimum absolute atomic E-state index is 0.145. The van der Waals surface area contributed by atoms with Crippen molar-refractivity contribution in [3.8, 4) is 5.75 Å². The molecule has 24 heavy (non-hydrogen) atoms. The topological polar surface area (TPSA) is 29.5 Å². The van der Waals surface area contributed by atoms with Gasteiger partial charge in [0, 0.05) is 15.9 Å². The van der Waals surface area contributed by atoms with Gasteiger partial charge in [-0.2, -0.15) is 13.2 Å². The summed E-state index contributed by atoms with van der Waals surface area (Å²) >= 11 is 0.897. The van der Waals surface area contributed by atoms with Crippen molar-refractivity contribution >= 4 is 11.8 Å². The number of allylic oxidation sites excluding steroid dienone is 1. The van der Waals surface area contributed by atoms with Gasteiger partial charge in [0.1, 0.15) is 11.9 Å². The van der Waals surface area contributed by atoms with E-state index in [1.54, 1.807) is 36.4 Å². The third-order valence-electron chi connectivity index (χ3n) is 3.26. The molecule has 0 saturated carbocycles. The highest BCUT2D eigenvalue weighted by Gasteiger charge is 2.28. The number of thioether (sulfide) groups is 1. The number of halogens is 3. The molecular formula is C18H17F3O2S. The number of aliphatic hydroxyl groups excluding tert-OH is 1. The molecular weight excluding hydrogens is 337 g/mol. The van der Waals surface area contributed by atoms with Crippen LogP contribution in [0.15, 0.2) is 64.4 Å². The first-order valence-corrected chi connectivity index (χ1v) is 7.96. The van der Waals surface area contributed by atoms with Crippen LogP contribution in [-0.2, 0) is 0 Å². The Morgan fingerprint density at radius 3 is 2.17 bits per heavy atom. The Bertz CT molecular complexity index is 692. The number of rotatable bonds is 5. The fourth-order valence-electron chi connectivity index (χ4n) is 2.02. The lowest BCUT2D eigenvalue weighted by atomic mass is 10.1. The van der Waals surface area contributed by atoms with Crippen molar-refractivity contribution in [3.05, 3.63) is 70.6 Å². The first-order chi connectivity index (χ1) is 11.3. The summed E-state index contributed by atoms with van der Waals surface area (Å²) in [6, 6.07) is 13.4. The molecule has 2 aromatic rings. The molecule has 0 aliphatic rings. The predicted octanol–water partition coefficient (Wildman–Crippen LogP) is 5.28. The van der Waals surface area contributed by atoms with Crippen LogP contribution in [0.1, 0.15) is 17.2 Å². The first-order valence-electron chi connectivity index (χ1n) is 7.14. The van der Waals surface area contributed by atoms with Crippen LogP contribution in [0.2, 0.25) is 0 Å². The molecule has 0 aromatic heterocycles. The minimum Gasteiger partial charge on any atom is -0.497 e. The summed E-state index contributed by atoms with van der Waals surface area (Å²) in [7, 11) is 1.49. The Balaban J connectivity index is 2.30. The quantitative estimate of drug-likeness (QED) is 0.741. The third kappa shape index (κ3) is 5.32. The van der Waals surface area contributed by atoms with Crippen molar-refractivity contribution in [3.63, 3.8) is 0 Å². The number of benzene rings is 2. The summed E-state index contributed by atoms with van der Waals surface area (Å²) in [5.41, 5.74) is 1.38. The van der Waals surface area contributed by atoms with Crippen LogP contribution >= 0.6 is 11.8 Å². The number of aliphatic hydroxyl groups is 1. The molecule has 0 amide bonds. The highest BCUT2D eigenvalue weighted by molar-refractivity contribution is 8.03. The molecule has 1 unspecified atom stereocenters. The molecule has 0 spiro atoms. The van der Waals surface area contributed by atoms with E-state index in [0.717, 1.165) is 17.3 Å². The molecule has 1 atom stereocenters. The van der Waals surface area contributed by atoms with E-state index < -0.39 is 12.3 Å². The van der Waals surface area contributed by atoms with Gasteiger partial charge in [0.15, 0.2) is 0 Å². The SMILES string of the molecule is COc1ccc(C(O)/C(=C\C(F)(F)F)Sc2ccc(C)cc2)cc1. The molecule has 0 fully saturated rings. The van der Waals surface area contributed by atoms with Crippen LogP contribution in [0.4, 0.5) is 13.2 Å². The molecule has 0 aliphatic heterocycles. The van der Waals surface area contributed by atoms with Gasteiger partial charge in [-0.25, -0.2) is 0 Å². The van der Waals surface area contributed by atoms with Crippen LogP contribution in [0, 0.1) is 6.92 Å². The van der Waals surface area contributed by atoms with Crippen LogP contribution in [0.5, 0.6) is 5.75 Å². The highest BCUT2D eigenvalue weighted by Crippen LogP contribution is 2.39. The summed E-state index contributed by atoms with van der Waals surface area (Å²) in [4.78, 5) is 0.445. The lowest BCUT2D eigenvalue weighted by molar-refractivity contribution is -0.0808. The van der Waals surface area contributed by atoms with E-state index in [-0.39, 0.29) is 11.0 Å². The zero-order chi connectivity index (χ0) is 17.7. The number of hydrogen-bond acceptors (Lipinski definition) is 3. The average molecular weight is 354 g/mol. The average Bonchev–Trinajstić information content (AvgIpc) is 2.54. The van der Waals surface area contributed by atoms with E-state index in [2.05, 4.69) is 0 Å². The number of methoxy groups -OCH3 is 1. The fourth-order valence-corrected chi connectivity index (χ4v) is 3.00. The molecule has 0 heterocycles. The summed E-state index contributed by atoms with van der Waals surface area (Å²) in [5.74, 6) is 0.568. The van der Waals surface area contributed by atoms with Crippen molar-refractivity contribution < 1.29 is 23.0 Å². The Hall–Kier alpha value is -1.92. The second kappa shape index (κ2) is 7.77. The molecule has 1 N–H and O–H groups in total. The summed E-state index contributed by atoms with van der Waals surface area (Å²) in [5, 5.41) is 10.4. The standard InChI is InChI=1S/C18H17F3O2S/c1-12-3-9-15(10-4-12)24-16(11-18(19,20)21)17(22)13-5-7-14(23-2)8-6-13/h3-11,17,22H,1-2H3/b16-11+. The Morgan fingerprint density at radius 2 is 1.67 bits per heavy atom. The normalized spacial score (nSPS) is 13.7. The zero-order valence-corrected chi connectivity index (χ0v) is 14.0. The van der Waals surface area contributed by atoms with E-state index in [4.69, 9.17) is 4.74 Å².